The maximum absolute atomic E-state index is 12.6. The monoisotopic (exact) mass is 392 g/mol. The van der Waals surface area contributed by atoms with Crippen LogP contribution in [-0.4, -0.2) is 14.3 Å². The first-order valence-corrected chi connectivity index (χ1v) is 11.0. The molecule has 1 unspecified atom stereocenters. The van der Waals surface area contributed by atoms with Gasteiger partial charge in [0.1, 0.15) is 0 Å². The van der Waals surface area contributed by atoms with Gasteiger partial charge in [0.05, 0.1) is 15.8 Å². The van der Waals surface area contributed by atoms with Gasteiger partial charge in [0.2, 0.25) is 10.0 Å². The molecule has 1 atom stereocenters. The van der Waals surface area contributed by atoms with Gasteiger partial charge in [-0.2, -0.15) is 0 Å². The highest BCUT2D eigenvalue weighted by atomic mass is 32.2. The molecule has 26 heavy (non-hydrogen) atoms. The predicted octanol–water partition coefficient (Wildman–Crippen LogP) is 3.40. The summed E-state index contributed by atoms with van der Waals surface area (Å²) >= 11 is 1.58. The van der Waals surface area contributed by atoms with E-state index in [1.807, 2.05) is 13.0 Å². The van der Waals surface area contributed by atoms with Gasteiger partial charge in [0, 0.05) is 4.88 Å². The zero-order valence-electron chi connectivity index (χ0n) is 15.2. The number of hydrogen-bond acceptors (Lipinski definition) is 4. The molecule has 3 N–H and O–H groups in total. The third-order valence-corrected chi connectivity index (χ3v) is 7.04. The van der Waals surface area contributed by atoms with Gasteiger partial charge < -0.3 is 5.32 Å². The Balaban J connectivity index is 1.71. The molecule has 1 aromatic heterocycles. The summed E-state index contributed by atoms with van der Waals surface area (Å²) in [6.07, 6.45) is 3.19. The van der Waals surface area contributed by atoms with Gasteiger partial charge >= 0.3 is 0 Å². The Hall–Kier alpha value is -1.70. The van der Waals surface area contributed by atoms with E-state index >= 15 is 0 Å². The van der Waals surface area contributed by atoms with Crippen LogP contribution in [0.25, 0.3) is 0 Å². The topological polar surface area (TPSA) is 89.3 Å². The summed E-state index contributed by atoms with van der Waals surface area (Å²) in [6, 6.07) is 8.05. The van der Waals surface area contributed by atoms with Crippen molar-refractivity contribution in [2.45, 2.75) is 51.0 Å². The molecule has 0 fully saturated rings. The number of nitrogens with one attached hydrogen (secondary N) is 1. The zero-order valence-corrected chi connectivity index (χ0v) is 16.8. The lowest BCUT2D eigenvalue weighted by Gasteiger charge is -2.29. The van der Waals surface area contributed by atoms with E-state index in [4.69, 9.17) is 5.14 Å². The fraction of sp³-hybridized carbons (Fsp3) is 0.421. The Labute approximate surface area is 158 Å². The van der Waals surface area contributed by atoms with E-state index in [1.165, 1.54) is 22.6 Å². The lowest BCUT2D eigenvalue weighted by molar-refractivity contribution is 0.0944. The minimum absolute atomic E-state index is 0.0633. The number of sulfonamides is 1. The molecule has 0 spiro atoms. The molecule has 0 aliphatic heterocycles. The summed E-state index contributed by atoms with van der Waals surface area (Å²) in [6.45, 7) is 6.40. The fourth-order valence-electron chi connectivity index (χ4n) is 3.29. The van der Waals surface area contributed by atoms with E-state index in [1.54, 1.807) is 23.5 Å². The molecule has 5 nitrogen and oxygen atoms in total. The number of amides is 1. The van der Waals surface area contributed by atoms with E-state index in [2.05, 4.69) is 19.2 Å². The van der Waals surface area contributed by atoms with E-state index in [9.17, 15) is 13.2 Å². The quantitative estimate of drug-likeness (QED) is 0.836. The lowest BCUT2D eigenvalue weighted by Crippen LogP contribution is -2.26. The predicted molar refractivity (Wildman–Crippen MR) is 104 cm³/mol. The number of fused-ring (bicyclic) bond motifs is 1. The van der Waals surface area contributed by atoms with E-state index in [-0.39, 0.29) is 16.8 Å². The van der Waals surface area contributed by atoms with Gasteiger partial charge in [-0.15, -0.1) is 11.3 Å². The Morgan fingerprint density at radius 2 is 1.92 bits per heavy atom. The van der Waals surface area contributed by atoms with Crippen LogP contribution in [0.3, 0.4) is 0 Å². The number of primary sulfonamides is 1. The number of benzene rings is 1. The molecule has 0 radical (unpaired) electrons. The molecule has 1 amide bonds. The van der Waals surface area contributed by atoms with Gasteiger partial charge in [-0.1, -0.05) is 26.0 Å². The fourth-order valence-corrected chi connectivity index (χ4v) is 4.89. The Morgan fingerprint density at radius 3 is 2.54 bits per heavy atom. The van der Waals surface area contributed by atoms with Gasteiger partial charge in [-0.25, -0.2) is 13.6 Å². The molecule has 3 rings (SSSR count). The maximum Gasteiger partial charge on any atom is 0.261 e. The van der Waals surface area contributed by atoms with Crippen LogP contribution in [0.5, 0.6) is 0 Å². The highest BCUT2D eigenvalue weighted by molar-refractivity contribution is 7.89. The Morgan fingerprint density at radius 1 is 1.27 bits per heavy atom. The number of rotatable bonds is 4. The third-order valence-electron chi connectivity index (χ3n) is 4.87. The molecule has 2 aromatic rings. The second-order valence-corrected chi connectivity index (χ2v) is 10.4. The average molecular weight is 393 g/mol. The number of nitrogens with two attached hydrogens (primary N) is 1. The number of carbonyl (C=O) groups excluding carboxylic acids is 1. The first-order valence-electron chi connectivity index (χ1n) is 8.60. The first-order chi connectivity index (χ1) is 12.0. The van der Waals surface area contributed by atoms with Crippen LogP contribution in [0.15, 0.2) is 35.2 Å². The first kappa shape index (κ1) is 19.1. The molecule has 7 heteroatoms. The summed E-state index contributed by atoms with van der Waals surface area (Å²) in [5, 5.41) is 8.10. The molecule has 140 valence electrons. The standard InChI is InChI=1S/C19H24N2O3S2/c1-12(13-4-6-15(7-5-13)26(20,23)24)21-18(22)17-10-14-11-19(2,3)9-8-16(14)25-17/h4-7,10,12H,8-9,11H2,1-3H3,(H,21,22)(H2,20,23,24). The van der Waals surface area contributed by atoms with Crippen molar-refractivity contribution in [2.24, 2.45) is 10.6 Å². The second kappa shape index (κ2) is 6.79. The largest absolute Gasteiger partial charge is 0.345 e. The molecule has 0 saturated heterocycles. The van der Waals surface area contributed by atoms with E-state index < -0.39 is 10.0 Å². The van der Waals surface area contributed by atoms with Crippen LogP contribution in [-0.2, 0) is 22.9 Å². The van der Waals surface area contributed by atoms with E-state index in [0.717, 1.165) is 29.7 Å². The van der Waals surface area contributed by atoms with E-state index in [0.29, 0.717) is 5.41 Å². The van der Waals surface area contributed by atoms with Gasteiger partial charge in [0.25, 0.3) is 5.91 Å². The lowest BCUT2D eigenvalue weighted by atomic mass is 9.77. The van der Waals surface area contributed by atoms with Crippen molar-refractivity contribution in [3.8, 4) is 0 Å². The van der Waals surface area contributed by atoms with Gasteiger partial charge in [-0.05, 0) is 60.9 Å². The number of hydrogen-bond donors (Lipinski definition) is 2. The summed E-state index contributed by atoms with van der Waals surface area (Å²) < 4.78 is 22.7. The van der Waals surface area contributed by atoms with Crippen LogP contribution in [0.1, 0.15) is 58.9 Å². The molecular formula is C19H24N2O3S2. The number of thiophene rings is 1. The van der Waals surface area contributed by atoms with Gasteiger partial charge in [0.15, 0.2) is 0 Å². The minimum Gasteiger partial charge on any atom is -0.345 e. The van der Waals surface area contributed by atoms with Crippen LogP contribution in [0.2, 0.25) is 0 Å². The number of aryl methyl sites for hydroxylation is 1. The number of carbonyl (C=O) groups is 1. The highest BCUT2D eigenvalue weighted by Crippen LogP contribution is 2.38. The van der Waals surface area contributed by atoms with Crippen LogP contribution < -0.4 is 10.5 Å². The highest BCUT2D eigenvalue weighted by Gasteiger charge is 2.28. The van der Waals surface area contributed by atoms with Crippen molar-refractivity contribution in [1.82, 2.24) is 5.32 Å². The smallest absolute Gasteiger partial charge is 0.261 e. The van der Waals surface area contributed by atoms with Gasteiger partial charge in [-0.3, -0.25) is 4.79 Å². The molecule has 0 saturated carbocycles. The van der Waals surface area contributed by atoms with Crippen molar-refractivity contribution >= 4 is 27.3 Å². The summed E-state index contributed by atoms with van der Waals surface area (Å²) in [5.41, 5.74) is 2.41. The third kappa shape index (κ3) is 4.16. The summed E-state index contributed by atoms with van der Waals surface area (Å²) in [7, 11) is -3.71. The normalized spacial score (nSPS) is 17.4. The molecule has 1 heterocycles. The van der Waals surface area contributed by atoms with Crippen molar-refractivity contribution < 1.29 is 13.2 Å². The Kier molecular flexibility index (Phi) is 4.98. The molecule has 1 aromatic carbocycles. The Bertz CT molecular complexity index is 928. The van der Waals surface area contributed by atoms with Crippen molar-refractivity contribution in [2.75, 3.05) is 0 Å². The minimum atomic E-state index is -3.71. The maximum atomic E-state index is 12.6. The zero-order chi connectivity index (χ0) is 19.1. The van der Waals surface area contributed by atoms with Crippen molar-refractivity contribution in [3.63, 3.8) is 0 Å². The molecule has 1 aliphatic rings. The summed E-state index contributed by atoms with van der Waals surface area (Å²) in [4.78, 5) is 14.7. The molecular weight excluding hydrogens is 368 g/mol. The average Bonchev–Trinajstić information content (AvgIpc) is 2.96. The van der Waals surface area contributed by atoms with Crippen LogP contribution in [0, 0.1) is 5.41 Å². The second-order valence-electron chi connectivity index (χ2n) is 7.71. The SMILES string of the molecule is CC(NC(=O)c1cc2c(s1)CCC(C)(C)C2)c1ccc(S(N)(=O)=O)cc1. The van der Waals surface area contributed by atoms with Crippen LogP contribution >= 0.6 is 11.3 Å². The van der Waals surface area contributed by atoms with Crippen LogP contribution in [0.4, 0.5) is 0 Å². The van der Waals surface area contributed by atoms with Crippen molar-refractivity contribution in [1.29, 1.82) is 0 Å². The van der Waals surface area contributed by atoms with Crippen molar-refractivity contribution in [3.05, 3.63) is 51.2 Å². The summed E-state index contributed by atoms with van der Waals surface area (Å²) in [5.74, 6) is -0.0924. The molecule has 1 aliphatic carbocycles. The molecule has 0 bridgehead atoms.